The number of aliphatic hydroxyl groups excluding tert-OH is 1. The number of aliphatic hydroxyl groups is 1. The van der Waals surface area contributed by atoms with Crippen LogP contribution in [-0.4, -0.2) is 33.6 Å². The van der Waals surface area contributed by atoms with Crippen molar-refractivity contribution in [3.8, 4) is 0 Å². The Morgan fingerprint density at radius 1 is 1.32 bits per heavy atom. The molecule has 1 heterocycles. The molecule has 0 aliphatic rings. The fourth-order valence-corrected chi connectivity index (χ4v) is 2.57. The number of hydrogen-bond acceptors (Lipinski definition) is 3. The molecule has 2 N–H and O–H groups in total. The van der Waals surface area contributed by atoms with Crippen LogP contribution in [0, 0.1) is 0 Å². The van der Waals surface area contributed by atoms with Crippen molar-refractivity contribution in [3.05, 3.63) is 35.0 Å². The summed E-state index contributed by atoms with van der Waals surface area (Å²) in [6, 6.07) is 3.57. The minimum atomic E-state index is -1.02. The second-order valence-electron chi connectivity index (χ2n) is 6.45. The molecule has 0 unspecified atom stereocenters. The molecule has 1 aromatic heterocycles. The van der Waals surface area contributed by atoms with Crippen molar-refractivity contribution in [2.75, 3.05) is 6.61 Å². The summed E-state index contributed by atoms with van der Waals surface area (Å²) in [5.41, 5.74) is 1.86. The SMILES string of the molecule is CC(C)(C)c1cc(C(=O)O)c2c(c1)c(C=O)cn2CCCO. The predicted octanol–water partition coefficient (Wildman–Crippen LogP) is 2.83. The van der Waals surface area contributed by atoms with Gasteiger partial charge in [-0.15, -0.1) is 0 Å². The fourth-order valence-electron chi connectivity index (χ4n) is 2.57. The van der Waals surface area contributed by atoms with E-state index in [1.54, 1.807) is 16.8 Å². The largest absolute Gasteiger partial charge is 0.478 e. The molecule has 2 aromatic rings. The standard InChI is InChI=1S/C17H21NO4/c1-17(2,3)12-7-13-11(10-20)9-18(5-4-6-19)15(13)14(8-12)16(21)22/h7-10,19H,4-6H2,1-3H3,(H,21,22). The summed E-state index contributed by atoms with van der Waals surface area (Å²) in [4.78, 5) is 23.0. The number of fused-ring (bicyclic) bond motifs is 1. The third kappa shape index (κ3) is 2.90. The van der Waals surface area contributed by atoms with Crippen LogP contribution in [0.3, 0.4) is 0 Å². The number of aromatic nitrogens is 1. The van der Waals surface area contributed by atoms with Gasteiger partial charge in [0.05, 0.1) is 11.1 Å². The number of nitrogens with zero attached hydrogens (tertiary/aromatic N) is 1. The Balaban J connectivity index is 2.81. The van der Waals surface area contributed by atoms with E-state index in [0.717, 1.165) is 11.8 Å². The van der Waals surface area contributed by atoms with Crippen molar-refractivity contribution in [1.82, 2.24) is 4.57 Å². The minimum absolute atomic E-state index is 0.0125. The Labute approximate surface area is 129 Å². The number of aromatic carboxylic acids is 1. The zero-order valence-electron chi connectivity index (χ0n) is 13.1. The average Bonchev–Trinajstić information content (AvgIpc) is 2.81. The van der Waals surface area contributed by atoms with E-state index < -0.39 is 5.97 Å². The van der Waals surface area contributed by atoms with Gasteiger partial charge in [-0.05, 0) is 29.5 Å². The lowest BCUT2D eigenvalue weighted by Gasteiger charge is -2.20. The van der Waals surface area contributed by atoms with Crippen LogP contribution >= 0.6 is 0 Å². The van der Waals surface area contributed by atoms with E-state index in [-0.39, 0.29) is 17.6 Å². The molecular formula is C17H21NO4. The highest BCUT2D eigenvalue weighted by Gasteiger charge is 2.22. The second kappa shape index (κ2) is 5.93. The maximum atomic E-state index is 11.7. The number of rotatable bonds is 5. The molecule has 0 fully saturated rings. The molecule has 2 rings (SSSR count). The van der Waals surface area contributed by atoms with Crippen molar-refractivity contribution in [1.29, 1.82) is 0 Å². The van der Waals surface area contributed by atoms with Crippen molar-refractivity contribution in [2.45, 2.75) is 39.2 Å². The Hall–Kier alpha value is -2.14. The van der Waals surface area contributed by atoms with Crippen LogP contribution in [0.2, 0.25) is 0 Å². The van der Waals surface area contributed by atoms with Crippen LogP contribution in [-0.2, 0) is 12.0 Å². The highest BCUT2D eigenvalue weighted by atomic mass is 16.4. The van der Waals surface area contributed by atoms with E-state index >= 15 is 0 Å². The average molecular weight is 303 g/mol. The molecule has 0 aliphatic heterocycles. The van der Waals surface area contributed by atoms with E-state index in [0.29, 0.717) is 29.4 Å². The van der Waals surface area contributed by atoms with Gasteiger partial charge in [0.25, 0.3) is 0 Å². The van der Waals surface area contributed by atoms with Gasteiger partial charge in [-0.3, -0.25) is 4.79 Å². The molecule has 0 radical (unpaired) electrons. The highest BCUT2D eigenvalue weighted by molar-refractivity contribution is 6.08. The zero-order chi connectivity index (χ0) is 16.5. The quantitative estimate of drug-likeness (QED) is 0.832. The molecule has 22 heavy (non-hydrogen) atoms. The molecule has 0 saturated heterocycles. The van der Waals surface area contributed by atoms with Crippen molar-refractivity contribution in [2.24, 2.45) is 0 Å². The second-order valence-corrected chi connectivity index (χ2v) is 6.45. The first-order valence-electron chi connectivity index (χ1n) is 7.26. The summed E-state index contributed by atoms with van der Waals surface area (Å²) in [5, 5.41) is 19.2. The van der Waals surface area contributed by atoms with Gasteiger partial charge in [0.2, 0.25) is 0 Å². The first kappa shape index (κ1) is 16.2. The summed E-state index contributed by atoms with van der Waals surface area (Å²) in [5.74, 6) is -1.02. The number of benzene rings is 1. The topological polar surface area (TPSA) is 79.5 Å². The van der Waals surface area contributed by atoms with Gasteiger partial charge in [0.15, 0.2) is 6.29 Å². The predicted molar refractivity (Wildman–Crippen MR) is 84.7 cm³/mol. The van der Waals surface area contributed by atoms with Gasteiger partial charge in [0, 0.05) is 30.3 Å². The number of carboxylic acid groups (broad SMARTS) is 1. The van der Waals surface area contributed by atoms with Crippen LogP contribution in [0.1, 0.15) is 53.5 Å². The minimum Gasteiger partial charge on any atom is -0.478 e. The van der Waals surface area contributed by atoms with Gasteiger partial charge < -0.3 is 14.8 Å². The van der Waals surface area contributed by atoms with E-state index in [1.807, 2.05) is 26.8 Å². The maximum absolute atomic E-state index is 11.7. The Morgan fingerprint density at radius 3 is 2.50 bits per heavy atom. The summed E-state index contributed by atoms with van der Waals surface area (Å²) in [6.07, 6.45) is 2.91. The van der Waals surface area contributed by atoms with E-state index in [2.05, 4.69) is 0 Å². The molecular weight excluding hydrogens is 282 g/mol. The summed E-state index contributed by atoms with van der Waals surface area (Å²) < 4.78 is 1.74. The Morgan fingerprint density at radius 2 is 2.00 bits per heavy atom. The van der Waals surface area contributed by atoms with Crippen molar-refractivity contribution < 1.29 is 19.8 Å². The van der Waals surface area contributed by atoms with Crippen molar-refractivity contribution in [3.63, 3.8) is 0 Å². The van der Waals surface area contributed by atoms with Crippen LogP contribution in [0.4, 0.5) is 0 Å². The molecule has 0 bridgehead atoms. The van der Waals surface area contributed by atoms with Crippen LogP contribution < -0.4 is 0 Å². The summed E-state index contributed by atoms with van der Waals surface area (Å²) in [6.45, 7) is 6.49. The molecule has 0 saturated carbocycles. The first-order valence-corrected chi connectivity index (χ1v) is 7.26. The Bertz CT molecular complexity index is 722. The number of aryl methyl sites for hydroxylation is 1. The smallest absolute Gasteiger partial charge is 0.337 e. The molecule has 5 nitrogen and oxygen atoms in total. The van der Waals surface area contributed by atoms with Gasteiger partial charge in [0.1, 0.15) is 0 Å². The van der Waals surface area contributed by atoms with Gasteiger partial charge >= 0.3 is 5.97 Å². The zero-order valence-corrected chi connectivity index (χ0v) is 13.1. The first-order chi connectivity index (χ1) is 10.3. The van der Waals surface area contributed by atoms with Gasteiger partial charge in [-0.1, -0.05) is 20.8 Å². The number of hydrogen-bond donors (Lipinski definition) is 2. The summed E-state index contributed by atoms with van der Waals surface area (Å²) >= 11 is 0. The third-order valence-electron chi connectivity index (χ3n) is 3.78. The molecule has 0 amide bonds. The Kier molecular flexibility index (Phi) is 4.37. The molecule has 118 valence electrons. The number of aldehydes is 1. The summed E-state index contributed by atoms with van der Waals surface area (Å²) in [7, 11) is 0. The number of carbonyl (C=O) groups is 2. The van der Waals surface area contributed by atoms with E-state index in [4.69, 9.17) is 5.11 Å². The lowest BCUT2D eigenvalue weighted by molar-refractivity contribution is 0.0698. The third-order valence-corrected chi connectivity index (χ3v) is 3.78. The monoisotopic (exact) mass is 303 g/mol. The van der Waals surface area contributed by atoms with Crippen LogP contribution in [0.15, 0.2) is 18.3 Å². The number of carbonyl (C=O) groups excluding carboxylic acids is 1. The van der Waals surface area contributed by atoms with Crippen molar-refractivity contribution >= 4 is 23.2 Å². The van der Waals surface area contributed by atoms with E-state index in [1.165, 1.54) is 0 Å². The van der Waals surface area contributed by atoms with Crippen LogP contribution in [0.25, 0.3) is 10.9 Å². The molecule has 0 aliphatic carbocycles. The molecule has 5 heteroatoms. The molecule has 1 aromatic carbocycles. The van der Waals surface area contributed by atoms with Gasteiger partial charge in [-0.25, -0.2) is 4.79 Å². The highest BCUT2D eigenvalue weighted by Crippen LogP contribution is 2.31. The normalized spacial score (nSPS) is 11.8. The lowest BCUT2D eigenvalue weighted by atomic mass is 9.85. The van der Waals surface area contributed by atoms with Gasteiger partial charge in [-0.2, -0.15) is 0 Å². The lowest BCUT2D eigenvalue weighted by Crippen LogP contribution is -2.13. The van der Waals surface area contributed by atoms with Crippen LogP contribution in [0.5, 0.6) is 0 Å². The molecule has 0 spiro atoms. The molecule has 0 atom stereocenters. The number of carboxylic acids is 1. The fraction of sp³-hybridized carbons (Fsp3) is 0.412. The van der Waals surface area contributed by atoms with E-state index in [9.17, 15) is 14.7 Å². The maximum Gasteiger partial charge on any atom is 0.337 e.